The second-order valence-electron chi connectivity index (χ2n) is 8.58. The fourth-order valence-electron chi connectivity index (χ4n) is 4.27. The lowest BCUT2D eigenvalue weighted by Gasteiger charge is -2.25. The molecule has 0 spiro atoms. The Labute approximate surface area is 200 Å². The molecule has 2 aliphatic rings. The Morgan fingerprint density at radius 1 is 1.26 bits per heavy atom. The molecule has 9 nitrogen and oxygen atoms in total. The van der Waals surface area contributed by atoms with Gasteiger partial charge in [-0.15, -0.1) is 0 Å². The zero-order valence-electron chi connectivity index (χ0n) is 19.1. The molecule has 1 unspecified atom stereocenters. The fraction of sp³-hybridized carbons (Fsp3) is 0.417. The molecular weight excluding hydrogens is 458 g/mol. The average molecular weight is 482 g/mol. The number of para-hydroxylation sites is 1. The van der Waals surface area contributed by atoms with Crippen molar-refractivity contribution >= 4 is 34.3 Å². The highest BCUT2D eigenvalue weighted by molar-refractivity contribution is 5.97. The van der Waals surface area contributed by atoms with Crippen LogP contribution in [-0.4, -0.2) is 34.2 Å². The molecule has 1 saturated heterocycles. The van der Waals surface area contributed by atoms with Gasteiger partial charge in [-0.05, 0) is 44.2 Å². The molecule has 0 bridgehead atoms. The molecule has 11 heteroatoms. The number of nitrogens with zero attached hydrogens (tertiary/aromatic N) is 4. The SMILES string of the molecule is COc1c(C#N)cccc1Nc1cc(NC(=O)C2CC2)nc2c1nc(C(F)F)n2C1CCCCO1. The molecule has 1 saturated carbocycles. The number of alkyl halides is 2. The summed E-state index contributed by atoms with van der Waals surface area (Å²) in [5.41, 5.74) is 1.47. The van der Waals surface area contributed by atoms with E-state index in [1.54, 1.807) is 24.3 Å². The van der Waals surface area contributed by atoms with Crippen LogP contribution in [0.2, 0.25) is 0 Å². The van der Waals surface area contributed by atoms with Gasteiger partial charge in [0.2, 0.25) is 5.91 Å². The van der Waals surface area contributed by atoms with E-state index in [1.165, 1.54) is 11.7 Å². The van der Waals surface area contributed by atoms with Gasteiger partial charge in [0.25, 0.3) is 6.43 Å². The minimum Gasteiger partial charge on any atom is -0.493 e. The monoisotopic (exact) mass is 482 g/mol. The van der Waals surface area contributed by atoms with E-state index in [2.05, 4.69) is 26.7 Å². The first-order chi connectivity index (χ1) is 17.0. The molecule has 182 valence electrons. The molecule has 1 aliphatic carbocycles. The van der Waals surface area contributed by atoms with Crippen LogP contribution in [0.5, 0.6) is 5.75 Å². The number of rotatable bonds is 7. The van der Waals surface area contributed by atoms with Crippen molar-refractivity contribution in [1.29, 1.82) is 5.26 Å². The van der Waals surface area contributed by atoms with Crippen molar-refractivity contribution in [2.45, 2.75) is 44.8 Å². The number of benzene rings is 1. The maximum atomic E-state index is 14.1. The second kappa shape index (κ2) is 9.46. The second-order valence-corrected chi connectivity index (χ2v) is 8.58. The van der Waals surface area contributed by atoms with E-state index in [0.717, 1.165) is 25.7 Å². The number of hydrogen-bond acceptors (Lipinski definition) is 7. The van der Waals surface area contributed by atoms with E-state index < -0.39 is 18.5 Å². The summed E-state index contributed by atoms with van der Waals surface area (Å²) in [6.07, 6.45) is 0.347. The van der Waals surface area contributed by atoms with E-state index in [1.807, 2.05) is 0 Å². The van der Waals surface area contributed by atoms with Crippen molar-refractivity contribution in [2.24, 2.45) is 5.92 Å². The summed E-state index contributed by atoms with van der Waals surface area (Å²) in [7, 11) is 1.44. The van der Waals surface area contributed by atoms with E-state index >= 15 is 0 Å². The van der Waals surface area contributed by atoms with Gasteiger partial charge in [-0.3, -0.25) is 9.36 Å². The number of anilines is 3. The molecule has 1 atom stereocenters. The first-order valence-electron chi connectivity index (χ1n) is 11.5. The number of imidazole rings is 1. The largest absolute Gasteiger partial charge is 0.493 e. The zero-order chi connectivity index (χ0) is 24.5. The van der Waals surface area contributed by atoms with Gasteiger partial charge in [0, 0.05) is 18.6 Å². The van der Waals surface area contributed by atoms with Gasteiger partial charge in [-0.2, -0.15) is 5.26 Å². The van der Waals surface area contributed by atoms with Crippen LogP contribution in [0.4, 0.5) is 26.0 Å². The number of carbonyl (C=O) groups excluding carboxylic acids is 1. The van der Waals surface area contributed by atoms with Crippen molar-refractivity contribution in [3.63, 3.8) is 0 Å². The highest BCUT2D eigenvalue weighted by Crippen LogP contribution is 2.38. The standard InChI is InChI=1S/C24H24F2N6O3/c1-34-20-14(12-27)5-4-6-15(20)28-16-11-17(30-24(33)13-8-9-13)29-22-19(16)31-23(21(25)26)32(22)18-7-2-3-10-35-18/h4-6,11,13,18,21H,2-3,7-10H2,1H3,(H2,28,29,30,33). The summed E-state index contributed by atoms with van der Waals surface area (Å²) in [6, 6.07) is 8.60. The molecule has 5 rings (SSSR count). The molecule has 2 aromatic heterocycles. The molecule has 35 heavy (non-hydrogen) atoms. The van der Waals surface area contributed by atoms with Gasteiger partial charge in [0.15, 0.2) is 17.2 Å². The average Bonchev–Trinajstić information content (AvgIpc) is 3.64. The number of pyridine rings is 1. The lowest BCUT2D eigenvalue weighted by molar-refractivity contribution is -0.117. The maximum absolute atomic E-state index is 14.1. The summed E-state index contributed by atoms with van der Waals surface area (Å²) in [6.45, 7) is 0.453. The highest BCUT2D eigenvalue weighted by Gasteiger charge is 2.32. The van der Waals surface area contributed by atoms with Crippen LogP contribution in [0.25, 0.3) is 11.2 Å². The summed E-state index contributed by atoms with van der Waals surface area (Å²) >= 11 is 0. The van der Waals surface area contributed by atoms with E-state index in [9.17, 15) is 18.8 Å². The molecule has 2 N–H and O–H groups in total. The summed E-state index contributed by atoms with van der Waals surface area (Å²) in [5, 5.41) is 15.4. The maximum Gasteiger partial charge on any atom is 0.295 e. The molecule has 1 aliphatic heterocycles. The molecule has 3 heterocycles. The van der Waals surface area contributed by atoms with Crippen LogP contribution in [0.3, 0.4) is 0 Å². The summed E-state index contributed by atoms with van der Waals surface area (Å²) in [5.74, 6) is -0.177. The van der Waals surface area contributed by atoms with Crippen molar-refractivity contribution in [1.82, 2.24) is 14.5 Å². The van der Waals surface area contributed by atoms with Gasteiger partial charge in [0.05, 0.1) is 24.0 Å². The molecule has 1 amide bonds. The Morgan fingerprint density at radius 2 is 2.09 bits per heavy atom. The van der Waals surface area contributed by atoms with Gasteiger partial charge in [-0.25, -0.2) is 18.7 Å². The number of ether oxygens (including phenoxy) is 2. The van der Waals surface area contributed by atoms with Gasteiger partial charge in [0.1, 0.15) is 23.6 Å². The number of carbonyl (C=O) groups is 1. The Balaban J connectivity index is 1.67. The first kappa shape index (κ1) is 23.0. The first-order valence-corrected chi connectivity index (χ1v) is 11.5. The van der Waals surface area contributed by atoms with Crippen LogP contribution in [0, 0.1) is 17.2 Å². The predicted molar refractivity (Wildman–Crippen MR) is 124 cm³/mol. The normalized spacial score (nSPS) is 17.9. The van der Waals surface area contributed by atoms with Gasteiger partial charge < -0.3 is 20.1 Å². The number of nitrogens with one attached hydrogen (secondary N) is 2. The Morgan fingerprint density at radius 3 is 2.74 bits per heavy atom. The zero-order valence-corrected chi connectivity index (χ0v) is 19.1. The third-order valence-electron chi connectivity index (χ3n) is 6.12. The third kappa shape index (κ3) is 4.49. The fourth-order valence-corrected chi connectivity index (χ4v) is 4.27. The lowest BCUT2D eigenvalue weighted by Crippen LogP contribution is -2.21. The molecule has 3 aromatic rings. The minimum atomic E-state index is -2.86. The number of aromatic nitrogens is 3. The van der Waals surface area contributed by atoms with E-state index in [4.69, 9.17) is 9.47 Å². The smallest absolute Gasteiger partial charge is 0.295 e. The van der Waals surface area contributed by atoms with Crippen LogP contribution >= 0.6 is 0 Å². The lowest BCUT2D eigenvalue weighted by atomic mass is 10.1. The van der Waals surface area contributed by atoms with E-state index in [-0.39, 0.29) is 28.8 Å². The Kier molecular flexibility index (Phi) is 6.21. The van der Waals surface area contributed by atoms with Gasteiger partial charge in [-0.1, -0.05) is 6.07 Å². The quantitative estimate of drug-likeness (QED) is 0.485. The molecule has 2 fully saturated rings. The third-order valence-corrected chi connectivity index (χ3v) is 6.12. The van der Waals surface area contributed by atoms with Crippen LogP contribution < -0.4 is 15.4 Å². The van der Waals surface area contributed by atoms with Crippen LogP contribution in [0.1, 0.15) is 56.1 Å². The topological polar surface area (TPSA) is 114 Å². The van der Waals surface area contributed by atoms with Gasteiger partial charge >= 0.3 is 0 Å². The summed E-state index contributed by atoms with van der Waals surface area (Å²) in [4.78, 5) is 21.2. The van der Waals surface area contributed by atoms with Crippen molar-refractivity contribution in [2.75, 3.05) is 24.4 Å². The number of amides is 1. The van der Waals surface area contributed by atoms with Crippen LogP contribution in [0.15, 0.2) is 24.3 Å². The van der Waals surface area contributed by atoms with Crippen molar-refractivity contribution in [3.05, 3.63) is 35.7 Å². The molecule has 0 radical (unpaired) electrons. The Hall–Kier alpha value is -3.78. The number of fused-ring (bicyclic) bond motifs is 1. The summed E-state index contributed by atoms with van der Waals surface area (Å²) < 4.78 is 40.8. The van der Waals surface area contributed by atoms with Crippen molar-refractivity contribution in [3.8, 4) is 11.8 Å². The number of nitriles is 1. The minimum absolute atomic E-state index is 0.0699. The van der Waals surface area contributed by atoms with Crippen molar-refractivity contribution < 1.29 is 23.0 Å². The number of halogens is 2. The Bertz CT molecular complexity index is 1310. The molecular formula is C24H24F2N6O3. The molecule has 1 aromatic carbocycles. The van der Waals surface area contributed by atoms with E-state index in [0.29, 0.717) is 35.7 Å². The number of hydrogen-bond donors (Lipinski definition) is 2. The van der Waals surface area contributed by atoms with Crippen LogP contribution in [-0.2, 0) is 9.53 Å². The predicted octanol–water partition coefficient (Wildman–Crippen LogP) is 5.04. The number of methoxy groups -OCH3 is 1. The highest BCUT2D eigenvalue weighted by atomic mass is 19.3.